The number of piperidine rings is 1. The van der Waals surface area contributed by atoms with E-state index in [2.05, 4.69) is 25.8 Å². The van der Waals surface area contributed by atoms with Gasteiger partial charge in [0, 0.05) is 19.0 Å². The lowest BCUT2D eigenvalue weighted by Crippen LogP contribution is -2.56. The third-order valence-corrected chi connectivity index (χ3v) is 5.95. The van der Waals surface area contributed by atoms with E-state index in [0.717, 1.165) is 17.7 Å². The van der Waals surface area contributed by atoms with Crippen LogP contribution >= 0.6 is 0 Å². The number of hydrogen-bond acceptors (Lipinski definition) is 3. The van der Waals surface area contributed by atoms with Crippen LogP contribution in [0.2, 0.25) is 0 Å². The van der Waals surface area contributed by atoms with Crippen molar-refractivity contribution in [3.63, 3.8) is 0 Å². The van der Waals surface area contributed by atoms with E-state index in [1.165, 1.54) is 0 Å². The SMILES string of the molecule is C[C@@H]1CN(C)[C@@H](C)C[C@@]1(O)CC(O)(c1ccccc1)c1ccccc1. The van der Waals surface area contributed by atoms with Crippen LogP contribution in [0.15, 0.2) is 60.7 Å². The molecule has 1 saturated heterocycles. The molecule has 2 aromatic rings. The van der Waals surface area contributed by atoms with Crippen LogP contribution in [-0.4, -0.2) is 40.3 Å². The maximum atomic E-state index is 11.8. The molecular weight excluding hydrogens is 310 g/mol. The fourth-order valence-electron chi connectivity index (χ4n) is 4.14. The summed E-state index contributed by atoms with van der Waals surface area (Å²) in [5, 5.41) is 23.3. The Kier molecular flexibility index (Phi) is 5.01. The monoisotopic (exact) mass is 339 g/mol. The Hall–Kier alpha value is -1.68. The van der Waals surface area contributed by atoms with Gasteiger partial charge < -0.3 is 15.1 Å². The first kappa shape index (κ1) is 18.1. The predicted molar refractivity (Wildman–Crippen MR) is 101 cm³/mol. The summed E-state index contributed by atoms with van der Waals surface area (Å²) in [6, 6.07) is 19.7. The van der Waals surface area contributed by atoms with Gasteiger partial charge in [0.2, 0.25) is 0 Å². The second-order valence-electron chi connectivity index (χ2n) is 7.77. The van der Waals surface area contributed by atoms with E-state index in [1.54, 1.807) is 0 Å². The summed E-state index contributed by atoms with van der Waals surface area (Å²) in [7, 11) is 2.10. The van der Waals surface area contributed by atoms with Gasteiger partial charge in [-0.3, -0.25) is 0 Å². The molecule has 0 aromatic heterocycles. The highest BCUT2D eigenvalue weighted by Crippen LogP contribution is 2.43. The van der Waals surface area contributed by atoms with Crippen molar-refractivity contribution in [3.8, 4) is 0 Å². The van der Waals surface area contributed by atoms with Crippen molar-refractivity contribution in [2.75, 3.05) is 13.6 Å². The van der Waals surface area contributed by atoms with Crippen LogP contribution in [0.3, 0.4) is 0 Å². The Morgan fingerprint density at radius 2 is 1.48 bits per heavy atom. The third-order valence-electron chi connectivity index (χ3n) is 5.95. The first-order valence-corrected chi connectivity index (χ1v) is 9.11. The smallest absolute Gasteiger partial charge is 0.117 e. The van der Waals surface area contributed by atoms with Crippen LogP contribution < -0.4 is 0 Å². The van der Waals surface area contributed by atoms with Crippen molar-refractivity contribution in [3.05, 3.63) is 71.8 Å². The van der Waals surface area contributed by atoms with Gasteiger partial charge in [-0.2, -0.15) is 0 Å². The number of rotatable bonds is 4. The molecule has 1 fully saturated rings. The molecule has 2 aromatic carbocycles. The van der Waals surface area contributed by atoms with Crippen molar-refractivity contribution < 1.29 is 10.2 Å². The van der Waals surface area contributed by atoms with Gasteiger partial charge >= 0.3 is 0 Å². The Labute approximate surface area is 150 Å². The zero-order valence-electron chi connectivity index (χ0n) is 15.4. The molecule has 3 atom stereocenters. The number of aliphatic hydroxyl groups is 2. The van der Waals surface area contributed by atoms with Crippen LogP contribution in [0, 0.1) is 5.92 Å². The molecule has 3 rings (SSSR count). The summed E-state index contributed by atoms with van der Waals surface area (Å²) in [4.78, 5) is 2.28. The highest BCUT2D eigenvalue weighted by molar-refractivity contribution is 5.36. The Morgan fingerprint density at radius 1 is 1.00 bits per heavy atom. The first-order chi connectivity index (χ1) is 11.8. The molecule has 2 N–H and O–H groups in total. The third kappa shape index (κ3) is 3.50. The molecular formula is C22H29NO2. The molecule has 25 heavy (non-hydrogen) atoms. The lowest BCUT2D eigenvalue weighted by Gasteiger charge is -2.49. The Morgan fingerprint density at radius 3 is 1.96 bits per heavy atom. The van der Waals surface area contributed by atoms with Crippen LogP contribution in [-0.2, 0) is 5.60 Å². The molecule has 0 spiro atoms. The molecule has 3 heteroatoms. The molecule has 0 amide bonds. The van der Waals surface area contributed by atoms with Gasteiger partial charge in [0.15, 0.2) is 0 Å². The van der Waals surface area contributed by atoms with Crippen molar-refractivity contribution in [1.29, 1.82) is 0 Å². The minimum atomic E-state index is -1.21. The van der Waals surface area contributed by atoms with Crippen molar-refractivity contribution in [2.24, 2.45) is 5.92 Å². The van der Waals surface area contributed by atoms with Gasteiger partial charge in [0.1, 0.15) is 5.60 Å². The van der Waals surface area contributed by atoms with Crippen molar-refractivity contribution in [1.82, 2.24) is 4.90 Å². The highest BCUT2D eigenvalue weighted by Gasteiger charge is 2.47. The molecule has 0 bridgehead atoms. The summed E-state index contributed by atoms with van der Waals surface area (Å²) in [6.07, 6.45) is 0.958. The molecule has 1 aliphatic heterocycles. The lowest BCUT2D eigenvalue weighted by atomic mass is 9.69. The Balaban J connectivity index is 2.02. The Bertz CT molecular complexity index is 648. The molecule has 0 unspecified atom stereocenters. The standard InChI is InChI=1S/C22H29NO2/c1-17-15-23(3)18(2)14-21(17,24)16-22(25,19-10-6-4-7-11-19)20-12-8-5-9-13-20/h4-13,17-18,24-25H,14-16H2,1-3H3/t17-,18+,21-/m1/s1. The number of likely N-dealkylation sites (tertiary alicyclic amines) is 1. The minimum Gasteiger partial charge on any atom is -0.389 e. The van der Waals surface area contributed by atoms with E-state index in [0.29, 0.717) is 12.8 Å². The zero-order valence-corrected chi connectivity index (χ0v) is 15.4. The highest BCUT2D eigenvalue weighted by atomic mass is 16.3. The largest absolute Gasteiger partial charge is 0.389 e. The van der Waals surface area contributed by atoms with E-state index in [9.17, 15) is 10.2 Å². The normalized spacial score (nSPS) is 28.0. The van der Waals surface area contributed by atoms with Crippen LogP contribution in [0.25, 0.3) is 0 Å². The molecule has 1 heterocycles. The number of benzene rings is 2. The second kappa shape index (κ2) is 6.91. The van der Waals surface area contributed by atoms with Crippen LogP contribution in [0.4, 0.5) is 0 Å². The summed E-state index contributed by atoms with van der Waals surface area (Å²) in [5.41, 5.74) is -0.463. The van der Waals surface area contributed by atoms with E-state index in [4.69, 9.17) is 0 Å². The van der Waals surface area contributed by atoms with Gasteiger partial charge in [-0.25, -0.2) is 0 Å². The molecule has 0 aliphatic carbocycles. The molecule has 1 aliphatic rings. The number of hydrogen-bond donors (Lipinski definition) is 2. The summed E-state index contributed by atoms with van der Waals surface area (Å²) in [5.74, 6) is 0.0904. The van der Waals surface area contributed by atoms with Crippen molar-refractivity contribution in [2.45, 2.75) is 43.9 Å². The maximum absolute atomic E-state index is 11.8. The second-order valence-corrected chi connectivity index (χ2v) is 7.77. The number of nitrogens with zero attached hydrogens (tertiary/aromatic N) is 1. The average Bonchev–Trinajstić information content (AvgIpc) is 2.61. The van der Waals surface area contributed by atoms with Gasteiger partial charge in [-0.15, -0.1) is 0 Å². The van der Waals surface area contributed by atoms with E-state index >= 15 is 0 Å². The predicted octanol–water partition coefficient (Wildman–Crippen LogP) is 3.40. The topological polar surface area (TPSA) is 43.7 Å². The van der Waals surface area contributed by atoms with Crippen LogP contribution in [0.1, 0.15) is 37.8 Å². The lowest BCUT2D eigenvalue weighted by molar-refractivity contribution is -0.121. The van der Waals surface area contributed by atoms with Gasteiger partial charge in [-0.1, -0.05) is 67.6 Å². The molecule has 3 nitrogen and oxygen atoms in total. The zero-order chi connectivity index (χ0) is 18.1. The fraction of sp³-hybridized carbons (Fsp3) is 0.455. The van der Waals surface area contributed by atoms with Gasteiger partial charge in [-0.05, 0) is 37.4 Å². The van der Waals surface area contributed by atoms with Gasteiger partial charge in [0.25, 0.3) is 0 Å². The molecule has 134 valence electrons. The minimum absolute atomic E-state index is 0.0904. The summed E-state index contributed by atoms with van der Waals surface area (Å²) in [6.45, 7) is 5.05. The quantitative estimate of drug-likeness (QED) is 0.897. The molecule has 0 saturated carbocycles. The molecule has 0 radical (unpaired) electrons. The summed E-state index contributed by atoms with van der Waals surface area (Å²) < 4.78 is 0. The maximum Gasteiger partial charge on any atom is 0.117 e. The van der Waals surface area contributed by atoms with Gasteiger partial charge in [0.05, 0.1) is 5.60 Å². The average molecular weight is 339 g/mol. The van der Waals surface area contributed by atoms with E-state index in [1.807, 2.05) is 60.7 Å². The fourth-order valence-corrected chi connectivity index (χ4v) is 4.14. The first-order valence-electron chi connectivity index (χ1n) is 9.11. The van der Waals surface area contributed by atoms with E-state index < -0.39 is 11.2 Å². The summed E-state index contributed by atoms with van der Waals surface area (Å²) >= 11 is 0. The van der Waals surface area contributed by atoms with Crippen molar-refractivity contribution >= 4 is 0 Å². The van der Waals surface area contributed by atoms with Crippen LogP contribution in [0.5, 0.6) is 0 Å². The van der Waals surface area contributed by atoms with E-state index in [-0.39, 0.29) is 12.0 Å².